The number of sulfonamides is 1. The molecule has 164 valence electrons. The number of ether oxygens (including phenoxy) is 2. The Bertz CT molecular complexity index is 991. The summed E-state index contributed by atoms with van der Waals surface area (Å²) < 4.78 is 38.5. The Hall–Kier alpha value is -2.10. The van der Waals surface area contributed by atoms with E-state index in [1.165, 1.54) is 23.5 Å². The highest BCUT2D eigenvalue weighted by atomic mass is 79.9. The molecule has 1 amide bonds. The number of halogens is 1. The summed E-state index contributed by atoms with van der Waals surface area (Å²) in [5, 5.41) is 2.75. The number of hydrogen-bond donors (Lipinski definition) is 1. The third kappa shape index (κ3) is 5.53. The molecule has 7 nitrogen and oxygen atoms in total. The molecule has 0 spiro atoms. The first kappa shape index (κ1) is 24.2. The van der Waals surface area contributed by atoms with E-state index in [-0.39, 0.29) is 4.90 Å². The van der Waals surface area contributed by atoms with Gasteiger partial charge in [0.1, 0.15) is 0 Å². The van der Waals surface area contributed by atoms with Crippen molar-refractivity contribution in [1.82, 2.24) is 4.31 Å². The van der Waals surface area contributed by atoms with Gasteiger partial charge in [-0.2, -0.15) is 4.31 Å². The number of carbonyl (C=O) groups is 1. The van der Waals surface area contributed by atoms with Crippen LogP contribution in [0.2, 0.25) is 0 Å². The van der Waals surface area contributed by atoms with Crippen molar-refractivity contribution in [2.24, 2.45) is 0 Å². The molecule has 0 aliphatic rings. The van der Waals surface area contributed by atoms with Gasteiger partial charge in [0.15, 0.2) is 11.5 Å². The monoisotopic (exact) mass is 498 g/mol. The molecule has 0 bridgehead atoms. The van der Waals surface area contributed by atoms with Crippen molar-refractivity contribution in [3.8, 4) is 11.5 Å². The normalized spacial score (nSPS) is 11.4. The lowest BCUT2D eigenvalue weighted by Crippen LogP contribution is -2.30. The molecule has 0 heterocycles. The van der Waals surface area contributed by atoms with Crippen LogP contribution >= 0.6 is 15.9 Å². The molecular formula is C21H27BrN2O5S. The highest BCUT2D eigenvalue weighted by Gasteiger charge is 2.22. The standard InChI is InChI=1S/C21H27BrN2O5S/c1-5-11-29-20-18(22)12-15(13-19(20)28-4)21(25)23-16-9-8-10-17(14-16)30(26,27)24(6-2)7-3/h8-10,12-14H,5-7,11H2,1-4H3,(H,23,25). The van der Waals surface area contributed by atoms with Crippen LogP contribution in [-0.2, 0) is 10.0 Å². The summed E-state index contributed by atoms with van der Waals surface area (Å²) in [4.78, 5) is 12.9. The fourth-order valence-corrected chi connectivity index (χ4v) is 4.91. The fourth-order valence-electron chi connectivity index (χ4n) is 2.85. The van der Waals surface area contributed by atoms with Crippen molar-refractivity contribution in [3.05, 3.63) is 46.4 Å². The minimum atomic E-state index is -3.62. The zero-order valence-electron chi connectivity index (χ0n) is 17.6. The summed E-state index contributed by atoms with van der Waals surface area (Å²) in [5.74, 6) is 0.567. The highest BCUT2D eigenvalue weighted by molar-refractivity contribution is 9.10. The first-order chi connectivity index (χ1) is 14.3. The summed E-state index contributed by atoms with van der Waals surface area (Å²) in [6, 6.07) is 9.44. The van der Waals surface area contributed by atoms with Gasteiger partial charge in [0.2, 0.25) is 10.0 Å². The fraction of sp³-hybridized carbons (Fsp3) is 0.381. The quantitative estimate of drug-likeness (QED) is 0.519. The van der Waals surface area contributed by atoms with Crippen LogP contribution in [0.4, 0.5) is 5.69 Å². The maximum Gasteiger partial charge on any atom is 0.255 e. The minimum absolute atomic E-state index is 0.131. The molecule has 0 saturated carbocycles. The summed E-state index contributed by atoms with van der Waals surface area (Å²) >= 11 is 3.42. The van der Waals surface area contributed by atoms with Crippen LogP contribution in [0.15, 0.2) is 45.8 Å². The molecule has 2 aromatic carbocycles. The predicted molar refractivity (Wildman–Crippen MR) is 121 cm³/mol. The summed E-state index contributed by atoms with van der Waals surface area (Å²) in [5.41, 5.74) is 0.731. The Morgan fingerprint density at radius 2 is 1.83 bits per heavy atom. The Kier molecular flexibility index (Phi) is 8.69. The smallest absolute Gasteiger partial charge is 0.255 e. The maximum absolute atomic E-state index is 12.8. The van der Waals surface area contributed by atoms with Gasteiger partial charge in [0, 0.05) is 24.3 Å². The van der Waals surface area contributed by atoms with Crippen LogP contribution in [0, 0.1) is 0 Å². The summed E-state index contributed by atoms with van der Waals surface area (Å²) in [6.07, 6.45) is 0.838. The average molecular weight is 499 g/mol. The second-order valence-corrected chi connectivity index (χ2v) is 9.20. The molecule has 0 unspecified atom stereocenters. The molecule has 0 fully saturated rings. The van der Waals surface area contributed by atoms with E-state index in [1.807, 2.05) is 6.92 Å². The van der Waals surface area contributed by atoms with E-state index in [4.69, 9.17) is 9.47 Å². The van der Waals surface area contributed by atoms with Crippen LogP contribution in [0.25, 0.3) is 0 Å². The first-order valence-corrected chi connectivity index (χ1v) is 11.9. The van der Waals surface area contributed by atoms with E-state index in [9.17, 15) is 13.2 Å². The van der Waals surface area contributed by atoms with Crippen LogP contribution in [-0.4, -0.2) is 45.4 Å². The third-order valence-electron chi connectivity index (χ3n) is 4.38. The number of methoxy groups -OCH3 is 1. The van der Waals surface area contributed by atoms with Gasteiger partial charge in [0.25, 0.3) is 5.91 Å². The van der Waals surface area contributed by atoms with E-state index >= 15 is 0 Å². The van der Waals surface area contributed by atoms with Gasteiger partial charge in [-0.25, -0.2) is 8.42 Å². The number of nitrogens with one attached hydrogen (secondary N) is 1. The summed E-state index contributed by atoms with van der Waals surface area (Å²) in [6.45, 7) is 6.83. The Labute approximate surface area is 186 Å². The molecule has 9 heteroatoms. The van der Waals surface area contributed by atoms with Gasteiger partial charge < -0.3 is 14.8 Å². The van der Waals surface area contributed by atoms with Gasteiger partial charge in [-0.15, -0.1) is 0 Å². The van der Waals surface area contributed by atoms with Gasteiger partial charge >= 0.3 is 0 Å². The van der Waals surface area contributed by atoms with Gasteiger partial charge in [0.05, 0.1) is 23.1 Å². The molecule has 0 aliphatic heterocycles. The lowest BCUT2D eigenvalue weighted by molar-refractivity contribution is 0.102. The van der Waals surface area contributed by atoms with Crippen molar-refractivity contribution in [3.63, 3.8) is 0 Å². The van der Waals surface area contributed by atoms with Gasteiger partial charge in [-0.3, -0.25) is 4.79 Å². The number of nitrogens with zero attached hydrogens (tertiary/aromatic N) is 1. The Morgan fingerprint density at radius 3 is 2.43 bits per heavy atom. The van der Waals surface area contributed by atoms with E-state index in [0.29, 0.717) is 46.9 Å². The molecule has 1 N–H and O–H groups in total. The third-order valence-corrected chi connectivity index (χ3v) is 7.01. The number of hydrogen-bond acceptors (Lipinski definition) is 5. The molecule has 2 aromatic rings. The maximum atomic E-state index is 12.8. The molecule has 0 aromatic heterocycles. The SMILES string of the molecule is CCCOc1c(Br)cc(C(=O)Nc2cccc(S(=O)(=O)N(CC)CC)c2)cc1OC. The lowest BCUT2D eigenvalue weighted by Gasteiger charge is -2.19. The van der Waals surface area contributed by atoms with Crippen molar-refractivity contribution < 1.29 is 22.7 Å². The number of amides is 1. The lowest BCUT2D eigenvalue weighted by atomic mass is 10.1. The van der Waals surface area contributed by atoms with Crippen molar-refractivity contribution in [1.29, 1.82) is 0 Å². The molecule has 0 atom stereocenters. The predicted octanol–water partition coefficient (Wildman–Crippen LogP) is 4.53. The van der Waals surface area contributed by atoms with E-state index in [1.54, 1.807) is 38.1 Å². The number of carbonyl (C=O) groups excluding carboxylic acids is 1. The van der Waals surface area contributed by atoms with Crippen molar-refractivity contribution >= 4 is 37.5 Å². The zero-order chi connectivity index (χ0) is 22.3. The van der Waals surface area contributed by atoms with E-state index < -0.39 is 15.9 Å². The Morgan fingerprint density at radius 1 is 1.13 bits per heavy atom. The van der Waals surface area contributed by atoms with E-state index in [0.717, 1.165) is 6.42 Å². The van der Waals surface area contributed by atoms with Crippen LogP contribution < -0.4 is 14.8 Å². The molecule has 0 aliphatic carbocycles. The first-order valence-electron chi connectivity index (χ1n) is 9.70. The minimum Gasteiger partial charge on any atom is -0.493 e. The number of anilines is 1. The molecule has 30 heavy (non-hydrogen) atoms. The molecule has 0 saturated heterocycles. The average Bonchev–Trinajstić information content (AvgIpc) is 2.73. The topological polar surface area (TPSA) is 84.9 Å². The van der Waals surface area contributed by atoms with Gasteiger partial charge in [-0.1, -0.05) is 26.8 Å². The number of benzene rings is 2. The Balaban J connectivity index is 2.30. The second kappa shape index (κ2) is 10.8. The van der Waals surface area contributed by atoms with Crippen molar-refractivity contribution in [2.45, 2.75) is 32.1 Å². The van der Waals surface area contributed by atoms with Crippen LogP contribution in [0.3, 0.4) is 0 Å². The molecule has 0 radical (unpaired) electrons. The zero-order valence-corrected chi connectivity index (χ0v) is 20.0. The largest absolute Gasteiger partial charge is 0.493 e. The second-order valence-electron chi connectivity index (χ2n) is 6.41. The number of rotatable bonds is 10. The summed E-state index contributed by atoms with van der Waals surface area (Å²) in [7, 11) is -2.11. The molecule has 2 rings (SSSR count). The van der Waals surface area contributed by atoms with Crippen molar-refractivity contribution in [2.75, 3.05) is 32.1 Å². The molecular weight excluding hydrogens is 472 g/mol. The van der Waals surface area contributed by atoms with E-state index in [2.05, 4.69) is 21.2 Å². The van der Waals surface area contributed by atoms with Gasteiger partial charge in [-0.05, 0) is 52.7 Å². The van der Waals surface area contributed by atoms with Crippen LogP contribution in [0.5, 0.6) is 11.5 Å². The van der Waals surface area contributed by atoms with Crippen LogP contribution in [0.1, 0.15) is 37.6 Å². The highest BCUT2D eigenvalue weighted by Crippen LogP contribution is 2.37.